The van der Waals surface area contributed by atoms with E-state index >= 15 is 0 Å². The molecule has 0 N–H and O–H groups in total. The molecule has 0 aromatic carbocycles. The van der Waals surface area contributed by atoms with E-state index in [-0.39, 0.29) is 0 Å². The highest BCUT2D eigenvalue weighted by Crippen LogP contribution is 2.43. The maximum Gasteiger partial charge on any atom is 0.0242 e. The van der Waals surface area contributed by atoms with E-state index in [4.69, 9.17) is 0 Å². The fraction of sp³-hybridized carbons (Fsp3) is 1.00. The average Bonchev–Trinajstić information content (AvgIpc) is 3.30. The van der Waals surface area contributed by atoms with Gasteiger partial charge in [0.15, 0.2) is 0 Å². The molecule has 0 aromatic heterocycles. The summed E-state index contributed by atoms with van der Waals surface area (Å²) in [7, 11) is 0. The molecule has 156 valence electrons. The van der Waals surface area contributed by atoms with Crippen molar-refractivity contribution < 1.29 is 0 Å². The van der Waals surface area contributed by atoms with Gasteiger partial charge in [-0.15, -0.1) is 0 Å². The van der Waals surface area contributed by atoms with Gasteiger partial charge in [0.05, 0.1) is 0 Å². The van der Waals surface area contributed by atoms with Crippen LogP contribution in [0.4, 0.5) is 0 Å². The lowest BCUT2D eigenvalue weighted by Crippen LogP contribution is -2.52. The summed E-state index contributed by atoms with van der Waals surface area (Å²) in [5.74, 6) is 1.86. The molecule has 6 unspecified atom stereocenters. The highest BCUT2D eigenvalue weighted by molar-refractivity contribution is 5.02. The predicted molar refractivity (Wildman–Crippen MR) is 115 cm³/mol. The van der Waals surface area contributed by atoms with Crippen LogP contribution < -0.4 is 0 Å². The van der Waals surface area contributed by atoms with Gasteiger partial charge in [-0.2, -0.15) is 0 Å². The van der Waals surface area contributed by atoms with Crippen LogP contribution in [0, 0.1) is 11.8 Å². The summed E-state index contributed by atoms with van der Waals surface area (Å²) in [6.45, 7) is 17.3. The van der Waals surface area contributed by atoms with Gasteiger partial charge in [0.25, 0.3) is 0 Å². The zero-order chi connectivity index (χ0) is 19.3. The van der Waals surface area contributed by atoms with Crippen LogP contribution in [0.5, 0.6) is 0 Å². The van der Waals surface area contributed by atoms with Gasteiger partial charge in [0.2, 0.25) is 0 Å². The molecule has 4 aliphatic rings. The maximum absolute atomic E-state index is 2.96. The Morgan fingerprint density at radius 2 is 1.22 bits per heavy atom. The summed E-state index contributed by atoms with van der Waals surface area (Å²) < 4.78 is 0. The number of nitrogens with zero attached hydrogens (tertiary/aromatic N) is 3. The van der Waals surface area contributed by atoms with Crippen molar-refractivity contribution in [2.75, 3.05) is 13.1 Å². The zero-order valence-corrected chi connectivity index (χ0v) is 18.9. The van der Waals surface area contributed by atoms with Gasteiger partial charge in [0, 0.05) is 55.4 Å². The number of piperazine rings is 1. The van der Waals surface area contributed by atoms with E-state index in [0.29, 0.717) is 0 Å². The molecule has 4 heterocycles. The van der Waals surface area contributed by atoms with Crippen molar-refractivity contribution in [1.82, 2.24) is 14.7 Å². The smallest absolute Gasteiger partial charge is 0.0242 e. The molecule has 4 bridgehead atoms. The lowest BCUT2D eigenvalue weighted by molar-refractivity contribution is 0.0398. The molecule has 0 amide bonds. The Bertz CT molecular complexity index is 490. The van der Waals surface area contributed by atoms with E-state index < -0.39 is 0 Å². The van der Waals surface area contributed by atoms with Gasteiger partial charge < -0.3 is 0 Å². The number of fused-ring (bicyclic) bond motifs is 4. The molecule has 0 saturated carbocycles. The molecule has 3 heteroatoms. The minimum atomic E-state index is 0.724. The Labute approximate surface area is 168 Å². The lowest BCUT2D eigenvalue weighted by atomic mass is 9.82. The Hall–Kier alpha value is -0.120. The van der Waals surface area contributed by atoms with Crippen molar-refractivity contribution in [2.45, 2.75) is 129 Å². The third-order valence-electron chi connectivity index (χ3n) is 8.83. The van der Waals surface area contributed by atoms with Gasteiger partial charge in [-0.25, -0.2) is 0 Å². The third kappa shape index (κ3) is 3.85. The van der Waals surface area contributed by atoms with Crippen molar-refractivity contribution in [2.24, 2.45) is 11.8 Å². The Morgan fingerprint density at radius 1 is 0.667 bits per heavy atom. The molecule has 0 aliphatic carbocycles. The van der Waals surface area contributed by atoms with Crippen molar-refractivity contribution in [3.63, 3.8) is 0 Å². The number of likely N-dealkylation sites (tertiary alicyclic amines) is 2. The maximum atomic E-state index is 2.96. The molecule has 6 atom stereocenters. The van der Waals surface area contributed by atoms with Crippen molar-refractivity contribution in [3.8, 4) is 0 Å². The van der Waals surface area contributed by atoms with Gasteiger partial charge in [-0.05, 0) is 84.5 Å². The molecule has 4 rings (SSSR count). The molecule has 27 heavy (non-hydrogen) atoms. The fourth-order valence-electron chi connectivity index (χ4n) is 7.22. The van der Waals surface area contributed by atoms with Crippen LogP contribution in [0.15, 0.2) is 0 Å². The van der Waals surface area contributed by atoms with Crippen LogP contribution in [0.1, 0.15) is 86.5 Å². The van der Waals surface area contributed by atoms with Crippen LogP contribution in [0.2, 0.25) is 0 Å². The van der Waals surface area contributed by atoms with E-state index in [9.17, 15) is 0 Å². The first-order valence-corrected chi connectivity index (χ1v) is 12.1. The second-order valence-electron chi connectivity index (χ2n) is 11.1. The first kappa shape index (κ1) is 20.2. The van der Waals surface area contributed by atoms with Gasteiger partial charge in [0.1, 0.15) is 0 Å². The van der Waals surface area contributed by atoms with Gasteiger partial charge in [-0.1, -0.05) is 13.8 Å². The number of hydrogen-bond donors (Lipinski definition) is 0. The summed E-state index contributed by atoms with van der Waals surface area (Å²) >= 11 is 0. The highest BCUT2D eigenvalue weighted by atomic mass is 15.4. The summed E-state index contributed by atoms with van der Waals surface area (Å²) in [5, 5.41) is 0. The molecule has 4 fully saturated rings. The minimum Gasteiger partial charge on any atom is -0.295 e. The Balaban J connectivity index is 1.26. The summed E-state index contributed by atoms with van der Waals surface area (Å²) in [6, 6.07) is 5.73. The van der Waals surface area contributed by atoms with E-state index in [1.807, 2.05) is 0 Å². The van der Waals surface area contributed by atoms with Crippen LogP contribution in [0.3, 0.4) is 0 Å². The number of rotatable bonds is 7. The van der Waals surface area contributed by atoms with E-state index in [1.165, 1.54) is 58.0 Å². The topological polar surface area (TPSA) is 9.72 Å². The molecule has 0 radical (unpaired) electrons. The SMILES string of the molecule is CC(C)C1CC2CCC(C1)N2C(C)CCC(C)N1CC2CC1CN2C(C)C. The molecular weight excluding hydrogens is 330 g/mol. The van der Waals surface area contributed by atoms with Crippen molar-refractivity contribution >= 4 is 0 Å². The molecule has 4 aliphatic heterocycles. The van der Waals surface area contributed by atoms with Crippen LogP contribution in [-0.4, -0.2) is 70.1 Å². The van der Waals surface area contributed by atoms with Gasteiger partial charge in [-0.3, -0.25) is 14.7 Å². The fourth-order valence-corrected chi connectivity index (χ4v) is 7.22. The largest absolute Gasteiger partial charge is 0.295 e. The third-order valence-corrected chi connectivity index (χ3v) is 8.83. The van der Waals surface area contributed by atoms with E-state index in [1.54, 1.807) is 0 Å². The average molecular weight is 376 g/mol. The zero-order valence-electron chi connectivity index (χ0n) is 18.9. The first-order valence-electron chi connectivity index (χ1n) is 12.1. The summed E-state index contributed by atoms with van der Waals surface area (Å²) in [4.78, 5) is 8.56. The predicted octanol–water partition coefficient (Wildman–Crippen LogP) is 4.61. The van der Waals surface area contributed by atoms with Crippen molar-refractivity contribution in [3.05, 3.63) is 0 Å². The first-order chi connectivity index (χ1) is 12.8. The normalized spacial score (nSPS) is 39.8. The molecule has 0 aromatic rings. The lowest BCUT2D eigenvalue weighted by Gasteiger charge is -2.44. The minimum absolute atomic E-state index is 0.724. The summed E-state index contributed by atoms with van der Waals surface area (Å²) in [6.07, 6.45) is 10.1. The molecule has 4 saturated heterocycles. The second-order valence-corrected chi connectivity index (χ2v) is 11.1. The highest BCUT2D eigenvalue weighted by Gasteiger charge is 2.46. The molecular formula is C24H45N3. The van der Waals surface area contributed by atoms with Crippen molar-refractivity contribution in [1.29, 1.82) is 0 Å². The van der Waals surface area contributed by atoms with Crippen LogP contribution in [0.25, 0.3) is 0 Å². The standard InChI is InChI=1S/C24H45N3/c1-16(2)20-11-21-9-10-22(12-20)27(21)19(6)8-7-18(5)26-15-23-13-24(26)14-25(23)17(3)4/h16-24H,7-15H2,1-6H3. The number of piperidine rings is 1. The monoisotopic (exact) mass is 375 g/mol. The number of hydrogen-bond acceptors (Lipinski definition) is 3. The molecule has 0 spiro atoms. The van der Waals surface area contributed by atoms with E-state index in [0.717, 1.165) is 54.1 Å². The quantitative estimate of drug-likeness (QED) is 0.643. The van der Waals surface area contributed by atoms with Gasteiger partial charge >= 0.3 is 0 Å². The Morgan fingerprint density at radius 3 is 1.74 bits per heavy atom. The van der Waals surface area contributed by atoms with Crippen LogP contribution in [-0.2, 0) is 0 Å². The van der Waals surface area contributed by atoms with E-state index in [2.05, 4.69) is 56.2 Å². The summed E-state index contributed by atoms with van der Waals surface area (Å²) in [5.41, 5.74) is 0. The van der Waals surface area contributed by atoms with Crippen LogP contribution >= 0.6 is 0 Å². The second kappa shape index (κ2) is 7.95. The Kier molecular flexibility index (Phi) is 5.94. The molecule has 3 nitrogen and oxygen atoms in total.